The molecule has 0 aromatic heterocycles. The Hall–Kier alpha value is -1.37. The maximum Gasteiger partial charge on any atom is 0.133 e. The predicted molar refractivity (Wildman–Crippen MR) is 86.8 cm³/mol. The fraction of sp³-hybridized carbons (Fsp3) is 0.611. The third-order valence-electron chi connectivity index (χ3n) is 4.03. The SMILES string of the molecule is CC(C)CN(C)CCC(C#N)(NC1CC1)c1ccccc1. The largest absolute Gasteiger partial charge is 0.306 e. The van der Waals surface area contributed by atoms with Gasteiger partial charge in [-0.25, -0.2) is 0 Å². The molecule has 1 aliphatic carbocycles. The highest BCUT2D eigenvalue weighted by Gasteiger charge is 2.37. The van der Waals surface area contributed by atoms with Gasteiger partial charge in [-0.2, -0.15) is 5.26 Å². The molecule has 1 saturated carbocycles. The molecule has 2 rings (SSSR count). The van der Waals surface area contributed by atoms with Gasteiger partial charge in [-0.1, -0.05) is 44.2 Å². The number of benzene rings is 1. The lowest BCUT2D eigenvalue weighted by Crippen LogP contribution is -2.45. The molecule has 3 heteroatoms. The molecule has 1 unspecified atom stereocenters. The Balaban J connectivity index is 2.10. The van der Waals surface area contributed by atoms with Gasteiger partial charge in [0.05, 0.1) is 6.07 Å². The maximum atomic E-state index is 9.87. The molecule has 0 bridgehead atoms. The van der Waals surface area contributed by atoms with E-state index in [0.29, 0.717) is 12.0 Å². The molecule has 21 heavy (non-hydrogen) atoms. The molecule has 0 aliphatic heterocycles. The van der Waals surface area contributed by atoms with E-state index in [1.165, 1.54) is 12.8 Å². The standard InChI is InChI=1S/C18H27N3/c1-15(2)13-21(3)12-11-18(14-19,20-17-9-10-17)16-7-5-4-6-8-16/h4-8,15,17,20H,9-13H2,1-3H3. The number of hydrogen-bond donors (Lipinski definition) is 1. The van der Waals surface area contributed by atoms with E-state index in [2.05, 4.69) is 49.3 Å². The van der Waals surface area contributed by atoms with Crippen LogP contribution in [0, 0.1) is 17.2 Å². The number of rotatable bonds is 8. The molecule has 1 N–H and O–H groups in total. The summed E-state index contributed by atoms with van der Waals surface area (Å²) in [5, 5.41) is 13.5. The monoisotopic (exact) mass is 285 g/mol. The maximum absolute atomic E-state index is 9.87. The Morgan fingerprint density at radius 3 is 2.52 bits per heavy atom. The first kappa shape index (κ1) is 16.0. The summed E-state index contributed by atoms with van der Waals surface area (Å²) in [6.45, 7) is 6.46. The van der Waals surface area contributed by atoms with Gasteiger partial charge in [0.2, 0.25) is 0 Å². The van der Waals surface area contributed by atoms with Crippen molar-refractivity contribution in [2.75, 3.05) is 20.1 Å². The fourth-order valence-electron chi connectivity index (χ4n) is 2.82. The Kier molecular flexibility index (Phi) is 5.39. The van der Waals surface area contributed by atoms with Crippen molar-refractivity contribution < 1.29 is 0 Å². The zero-order valence-electron chi connectivity index (χ0n) is 13.5. The molecule has 0 amide bonds. The van der Waals surface area contributed by atoms with Gasteiger partial charge in [0, 0.05) is 19.1 Å². The zero-order chi connectivity index (χ0) is 15.3. The topological polar surface area (TPSA) is 39.1 Å². The van der Waals surface area contributed by atoms with Crippen LogP contribution in [-0.4, -0.2) is 31.1 Å². The Morgan fingerprint density at radius 1 is 1.33 bits per heavy atom. The van der Waals surface area contributed by atoms with Crippen LogP contribution in [0.2, 0.25) is 0 Å². The molecule has 114 valence electrons. The molecule has 0 radical (unpaired) electrons. The van der Waals surface area contributed by atoms with E-state index in [9.17, 15) is 5.26 Å². The van der Waals surface area contributed by atoms with E-state index in [-0.39, 0.29) is 0 Å². The first-order chi connectivity index (χ1) is 10.1. The summed E-state index contributed by atoms with van der Waals surface area (Å²) in [6, 6.07) is 13.3. The summed E-state index contributed by atoms with van der Waals surface area (Å²) in [5.74, 6) is 0.652. The molecule has 0 saturated heterocycles. The van der Waals surface area contributed by atoms with Crippen molar-refractivity contribution in [2.45, 2.75) is 44.7 Å². The molecular weight excluding hydrogens is 258 g/mol. The van der Waals surface area contributed by atoms with Gasteiger partial charge in [0.15, 0.2) is 0 Å². The van der Waals surface area contributed by atoms with E-state index < -0.39 is 5.54 Å². The third kappa shape index (κ3) is 4.56. The van der Waals surface area contributed by atoms with Crippen molar-refractivity contribution in [3.8, 4) is 6.07 Å². The summed E-state index contributed by atoms with van der Waals surface area (Å²) in [6.07, 6.45) is 3.21. The summed E-state index contributed by atoms with van der Waals surface area (Å²) in [4.78, 5) is 2.33. The Morgan fingerprint density at radius 2 is 2.00 bits per heavy atom. The van der Waals surface area contributed by atoms with Gasteiger partial charge in [0.1, 0.15) is 5.54 Å². The summed E-state index contributed by atoms with van der Waals surface area (Å²) < 4.78 is 0. The van der Waals surface area contributed by atoms with E-state index >= 15 is 0 Å². The highest BCUT2D eigenvalue weighted by Crippen LogP contribution is 2.31. The van der Waals surface area contributed by atoms with Crippen molar-refractivity contribution in [1.29, 1.82) is 5.26 Å². The average Bonchev–Trinajstić information content (AvgIpc) is 3.27. The summed E-state index contributed by atoms with van der Waals surface area (Å²) in [7, 11) is 2.14. The van der Waals surface area contributed by atoms with Crippen molar-refractivity contribution in [3.63, 3.8) is 0 Å². The second-order valence-electron chi connectivity index (χ2n) is 6.71. The van der Waals surface area contributed by atoms with E-state index in [0.717, 1.165) is 25.1 Å². The Bertz CT molecular complexity index is 473. The van der Waals surface area contributed by atoms with Crippen LogP contribution in [0.5, 0.6) is 0 Å². The molecule has 3 nitrogen and oxygen atoms in total. The van der Waals surface area contributed by atoms with Crippen LogP contribution in [-0.2, 0) is 5.54 Å². The summed E-state index contributed by atoms with van der Waals surface area (Å²) in [5.41, 5.74) is 0.547. The number of nitrogens with one attached hydrogen (secondary N) is 1. The minimum absolute atomic E-state index is 0.514. The number of nitriles is 1. The van der Waals surface area contributed by atoms with Crippen LogP contribution < -0.4 is 5.32 Å². The van der Waals surface area contributed by atoms with Gasteiger partial charge in [0.25, 0.3) is 0 Å². The highest BCUT2D eigenvalue weighted by molar-refractivity contribution is 5.32. The van der Waals surface area contributed by atoms with Gasteiger partial charge < -0.3 is 4.90 Å². The third-order valence-corrected chi connectivity index (χ3v) is 4.03. The molecule has 1 aromatic rings. The van der Waals surface area contributed by atoms with Crippen LogP contribution in [0.4, 0.5) is 0 Å². The lowest BCUT2D eigenvalue weighted by atomic mass is 9.87. The first-order valence-corrected chi connectivity index (χ1v) is 7.99. The highest BCUT2D eigenvalue weighted by atomic mass is 15.1. The molecular formula is C18H27N3. The van der Waals surface area contributed by atoms with Crippen molar-refractivity contribution in [1.82, 2.24) is 10.2 Å². The van der Waals surface area contributed by atoms with Gasteiger partial charge in [-0.05, 0) is 37.8 Å². The number of nitrogens with zero attached hydrogens (tertiary/aromatic N) is 2. The quantitative estimate of drug-likeness (QED) is 0.797. The molecule has 1 atom stereocenters. The zero-order valence-corrected chi connectivity index (χ0v) is 13.5. The molecule has 1 fully saturated rings. The fourth-order valence-corrected chi connectivity index (χ4v) is 2.82. The summed E-state index contributed by atoms with van der Waals surface area (Å²) >= 11 is 0. The van der Waals surface area contributed by atoms with Crippen LogP contribution >= 0.6 is 0 Å². The van der Waals surface area contributed by atoms with E-state index in [1.807, 2.05) is 18.2 Å². The normalized spacial score (nSPS) is 17.7. The lowest BCUT2D eigenvalue weighted by Gasteiger charge is -2.31. The predicted octanol–water partition coefficient (Wildman–Crippen LogP) is 3.14. The molecule has 0 heterocycles. The van der Waals surface area contributed by atoms with E-state index in [4.69, 9.17) is 0 Å². The minimum Gasteiger partial charge on any atom is -0.306 e. The number of hydrogen-bond acceptors (Lipinski definition) is 3. The lowest BCUT2D eigenvalue weighted by molar-refractivity contribution is 0.256. The second-order valence-corrected chi connectivity index (χ2v) is 6.71. The van der Waals surface area contributed by atoms with Gasteiger partial charge in [-0.3, -0.25) is 5.32 Å². The van der Waals surface area contributed by atoms with Crippen molar-refractivity contribution in [3.05, 3.63) is 35.9 Å². The Labute approximate surface area is 129 Å². The molecule has 0 spiro atoms. The average molecular weight is 285 g/mol. The molecule has 1 aromatic carbocycles. The van der Waals surface area contributed by atoms with Crippen LogP contribution in [0.1, 0.15) is 38.7 Å². The van der Waals surface area contributed by atoms with Gasteiger partial charge in [-0.15, -0.1) is 0 Å². The van der Waals surface area contributed by atoms with E-state index in [1.54, 1.807) is 0 Å². The van der Waals surface area contributed by atoms with Crippen molar-refractivity contribution in [2.24, 2.45) is 5.92 Å². The van der Waals surface area contributed by atoms with Crippen LogP contribution in [0.3, 0.4) is 0 Å². The van der Waals surface area contributed by atoms with Crippen LogP contribution in [0.25, 0.3) is 0 Å². The van der Waals surface area contributed by atoms with Crippen molar-refractivity contribution >= 4 is 0 Å². The smallest absolute Gasteiger partial charge is 0.133 e. The molecule has 1 aliphatic rings. The van der Waals surface area contributed by atoms with Gasteiger partial charge >= 0.3 is 0 Å². The minimum atomic E-state index is -0.548. The second kappa shape index (κ2) is 7.06. The first-order valence-electron chi connectivity index (χ1n) is 7.99. The van der Waals surface area contributed by atoms with Crippen LogP contribution in [0.15, 0.2) is 30.3 Å².